The fraction of sp³-hybridized carbons (Fsp3) is 0.429. The number of rotatable bonds is 4. The lowest BCUT2D eigenvalue weighted by atomic mass is 9.48. The monoisotopic (exact) mass is 488 g/mol. The number of halogens is 1. The summed E-state index contributed by atoms with van der Waals surface area (Å²) in [5, 5.41) is 4.38. The highest BCUT2D eigenvalue weighted by atomic mass is 79.9. The van der Waals surface area contributed by atoms with Gasteiger partial charge < -0.3 is 5.32 Å². The number of benzene rings is 2. The molecule has 32 heavy (non-hydrogen) atoms. The molecule has 3 nitrogen and oxygen atoms in total. The maximum Gasteiger partial charge on any atom is 0.252 e. The summed E-state index contributed by atoms with van der Waals surface area (Å²) in [4.78, 5) is 18.5. The third-order valence-corrected chi connectivity index (χ3v) is 8.93. The molecule has 1 heterocycles. The number of amides is 1. The molecule has 164 valence electrons. The normalized spacial score (nSPS) is 29.2. The standard InChI is InChI=1S/C28H29BrN2O/c1-17(28-14-18-9-19(15-28)11-20(10-18)16-28)30-27(32)24-13-26(21-5-4-6-22(29)12-21)31-25-8-3-2-7-23(24)25/h2-8,12-13,17-20H,9-11,14-16H2,1H3,(H,30,32). The van der Waals surface area contributed by atoms with E-state index in [4.69, 9.17) is 4.98 Å². The van der Waals surface area contributed by atoms with Crippen LogP contribution in [0.2, 0.25) is 0 Å². The van der Waals surface area contributed by atoms with Gasteiger partial charge in [0, 0.05) is 21.5 Å². The average Bonchev–Trinajstić information content (AvgIpc) is 2.77. The first-order valence-corrected chi connectivity index (χ1v) is 12.7. The predicted octanol–water partition coefficient (Wildman–Crippen LogP) is 7.00. The molecule has 0 spiro atoms. The number of carbonyl (C=O) groups excluding carboxylic acids is 1. The van der Waals surface area contributed by atoms with E-state index in [1.165, 1.54) is 38.5 Å². The van der Waals surface area contributed by atoms with Crippen molar-refractivity contribution < 1.29 is 4.79 Å². The second-order valence-corrected chi connectivity index (χ2v) is 11.5. The third-order valence-electron chi connectivity index (χ3n) is 8.43. The van der Waals surface area contributed by atoms with E-state index in [1.807, 2.05) is 48.5 Å². The molecule has 4 fully saturated rings. The maximum atomic E-state index is 13.7. The van der Waals surface area contributed by atoms with Crippen molar-refractivity contribution in [1.29, 1.82) is 0 Å². The molecule has 4 saturated carbocycles. The lowest BCUT2D eigenvalue weighted by molar-refractivity contribution is -0.0687. The first-order valence-electron chi connectivity index (χ1n) is 12.0. The van der Waals surface area contributed by atoms with Crippen LogP contribution in [0.3, 0.4) is 0 Å². The van der Waals surface area contributed by atoms with E-state index in [2.05, 4.69) is 34.2 Å². The van der Waals surface area contributed by atoms with Gasteiger partial charge in [0.05, 0.1) is 16.8 Å². The molecule has 4 bridgehead atoms. The molecule has 1 amide bonds. The van der Waals surface area contributed by atoms with Crippen molar-refractivity contribution in [2.45, 2.75) is 51.5 Å². The number of carbonyl (C=O) groups is 1. The van der Waals surface area contributed by atoms with Crippen LogP contribution in [0.4, 0.5) is 0 Å². The number of hydrogen-bond acceptors (Lipinski definition) is 2. The first-order chi connectivity index (χ1) is 15.5. The molecule has 0 radical (unpaired) electrons. The number of aromatic nitrogens is 1. The SMILES string of the molecule is CC(NC(=O)c1cc(-c2cccc(Br)c2)nc2ccccc12)C12CC3CC(CC(C3)C1)C2. The highest BCUT2D eigenvalue weighted by molar-refractivity contribution is 9.10. The van der Waals surface area contributed by atoms with Crippen LogP contribution < -0.4 is 5.32 Å². The number of pyridine rings is 1. The summed E-state index contributed by atoms with van der Waals surface area (Å²) in [6, 6.07) is 18.3. The van der Waals surface area contributed by atoms with Gasteiger partial charge in [-0.05, 0) is 92.9 Å². The highest BCUT2D eigenvalue weighted by Gasteiger charge is 2.53. The molecule has 3 aromatic rings. The van der Waals surface area contributed by atoms with Crippen LogP contribution in [0.15, 0.2) is 59.1 Å². The summed E-state index contributed by atoms with van der Waals surface area (Å²) >= 11 is 3.56. The largest absolute Gasteiger partial charge is 0.349 e. The van der Waals surface area contributed by atoms with Gasteiger partial charge in [0.15, 0.2) is 0 Å². The van der Waals surface area contributed by atoms with E-state index in [0.717, 1.165) is 50.0 Å². The van der Waals surface area contributed by atoms with Crippen molar-refractivity contribution >= 4 is 32.7 Å². The van der Waals surface area contributed by atoms with Crippen molar-refractivity contribution in [1.82, 2.24) is 10.3 Å². The summed E-state index contributed by atoms with van der Waals surface area (Å²) < 4.78 is 1.01. The number of hydrogen-bond donors (Lipinski definition) is 1. The Morgan fingerprint density at radius 1 is 1.00 bits per heavy atom. The summed E-state index contributed by atoms with van der Waals surface area (Å²) in [6.07, 6.45) is 8.14. The zero-order valence-electron chi connectivity index (χ0n) is 18.5. The zero-order valence-corrected chi connectivity index (χ0v) is 20.1. The predicted molar refractivity (Wildman–Crippen MR) is 132 cm³/mol. The molecule has 7 rings (SSSR count). The van der Waals surface area contributed by atoms with Crippen LogP contribution in [-0.4, -0.2) is 16.9 Å². The molecule has 4 aliphatic rings. The number of nitrogens with one attached hydrogen (secondary N) is 1. The molecule has 0 saturated heterocycles. The number of fused-ring (bicyclic) bond motifs is 1. The van der Waals surface area contributed by atoms with Gasteiger partial charge in [0.25, 0.3) is 5.91 Å². The van der Waals surface area contributed by atoms with Gasteiger partial charge >= 0.3 is 0 Å². The minimum atomic E-state index is 0.0306. The third kappa shape index (κ3) is 3.48. The Labute approximate surface area is 198 Å². The van der Waals surface area contributed by atoms with Crippen LogP contribution in [0, 0.1) is 23.2 Å². The van der Waals surface area contributed by atoms with Crippen molar-refractivity contribution in [3.8, 4) is 11.3 Å². The topological polar surface area (TPSA) is 42.0 Å². The van der Waals surface area contributed by atoms with E-state index >= 15 is 0 Å². The van der Waals surface area contributed by atoms with E-state index in [9.17, 15) is 4.79 Å². The Morgan fingerprint density at radius 3 is 2.38 bits per heavy atom. The van der Waals surface area contributed by atoms with Gasteiger partial charge in [-0.15, -0.1) is 0 Å². The minimum Gasteiger partial charge on any atom is -0.349 e. The number of nitrogens with zero attached hydrogens (tertiary/aromatic N) is 1. The molecule has 4 heteroatoms. The lowest BCUT2D eigenvalue weighted by Crippen LogP contribution is -2.55. The lowest BCUT2D eigenvalue weighted by Gasteiger charge is -2.59. The van der Waals surface area contributed by atoms with E-state index in [1.54, 1.807) is 0 Å². The van der Waals surface area contributed by atoms with E-state index in [-0.39, 0.29) is 11.9 Å². The molecular weight excluding hydrogens is 460 g/mol. The Bertz CT molecular complexity index is 1170. The van der Waals surface area contributed by atoms with Gasteiger partial charge in [0.1, 0.15) is 0 Å². The Balaban J connectivity index is 1.34. The molecule has 4 aliphatic carbocycles. The van der Waals surface area contributed by atoms with Crippen molar-refractivity contribution in [2.75, 3.05) is 0 Å². The Hall–Kier alpha value is -2.20. The van der Waals surface area contributed by atoms with Gasteiger partial charge in [0.2, 0.25) is 0 Å². The maximum absolute atomic E-state index is 13.7. The van der Waals surface area contributed by atoms with Crippen molar-refractivity contribution in [3.05, 3.63) is 64.6 Å². The van der Waals surface area contributed by atoms with E-state index < -0.39 is 0 Å². The van der Waals surface area contributed by atoms with Gasteiger partial charge in [-0.25, -0.2) is 4.98 Å². The molecular formula is C28H29BrN2O. The first kappa shape index (κ1) is 20.4. The smallest absolute Gasteiger partial charge is 0.252 e. The summed E-state index contributed by atoms with van der Waals surface area (Å²) in [6.45, 7) is 2.25. The Kier molecular flexibility index (Phi) is 4.90. The molecule has 1 unspecified atom stereocenters. The van der Waals surface area contributed by atoms with Gasteiger partial charge in [-0.2, -0.15) is 0 Å². The zero-order chi connectivity index (χ0) is 21.9. The van der Waals surface area contributed by atoms with Crippen LogP contribution in [-0.2, 0) is 0 Å². The molecule has 1 atom stereocenters. The molecule has 0 aliphatic heterocycles. The molecule has 1 aromatic heterocycles. The van der Waals surface area contributed by atoms with Gasteiger partial charge in [-0.1, -0.05) is 46.3 Å². The summed E-state index contributed by atoms with van der Waals surface area (Å²) in [5.41, 5.74) is 3.71. The Morgan fingerprint density at radius 2 is 1.69 bits per heavy atom. The quantitative estimate of drug-likeness (QED) is 0.429. The second kappa shape index (κ2) is 7.69. The van der Waals surface area contributed by atoms with Crippen molar-refractivity contribution in [2.24, 2.45) is 23.2 Å². The van der Waals surface area contributed by atoms with Crippen LogP contribution in [0.5, 0.6) is 0 Å². The summed E-state index contributed by atoms with van der Waals surface area (Å²) in [7, 11) is 0. The van der Waals surface area contributed by atoms with Crippen LogP contribution >= 0.6 is 15.9 Å². The van der Waals surface area contributed by atoms with Crippen molar-refractivity contribution in [3.63, 3.8) is 0 Å². The average molecular weight is 489 g/mol. The fourth-order valence-corrected chi connectivity index (χ4v) is 7.69. The van der Waals surface area contributed by atoms with E-state index in [0.29, 0.717) is 5.41 Å². The minimum absolute atomic E-state index is 0.0306. The fourth-order valence-electron chi connectivity index (χ4n) is 7.29. The number of para-hydroxylation sites is 1. The van der Waals surface area contributed by atoms with Gasteiger partial charge in [-0.3, -0.25) is 4.79 Å². The summed E-state index contributed by atoms with van der Waals surface area (Å²) in [5.74, 6) is 2.67. The molecule has 1 N–H and O–H groups in total. The molecule has 2 aromatic carbocycles. The highest BCUT2D eigenvalue weighted by Crippen LogP contribution is 2.61. The van der Waals surface area contributed by atoms with Crippen LogP contribution in [0.1, 0.15) is 55.8 Å². The van der Waals surface area contributed by atoms with Crippen LogP contribution in [0.25, 0.3) is 22.2 Å². The second-order valence-electron chi connectivity index (χ2n) is 10.6.